The summed E-state index contributed by atoms with van der Waals surface area (Å²) < 4.78 is 10.8. The van der Waals surface area contributed by atoms with Crippen molar-refractivity contribution >= 4 is 23.3 Å². The Morgan fingerprint density at radius 2 is 1.67 bits per heavy atom. The molecule has 0 spiro atoms. The number of nitrogen functional groups attached to an aromatic ring is 1. The largest absolute Gasteiger partial charge is 0.482 e. The van der Waals surface area contributed by atoms with Crippen molar-refractivity contribution in [1.82, 2.24) is 0 Å². The van der Waals surface area contributed by atoms with Crippen LogP contribution < -0.4 is 15.8 Å². The van der Waals surface area contributed by atoms with Gasteiger partial charge in [0.15, 0.2) is 6.61 Å². The van der Waals surface area contributed by atoms with Crippen molar-refractivity contribution in [2.45, 2.75) is 20.0 Å². The molecule has 3 rings (SSSR count). The minimum atomic E-state index is -0.496. The lowest BCUT2D eigenvalue weighted by Crippen LogP contribution is -2.20. The highest BCUT2D eigenvalue weighted by Crippen LogP contribution is 2.23. The molecule has 3 aromatic rings. The Labute approximate surface area is 175 Å². The van der Waals surface area contributed by atoms with E-state index in [0.29, 0.717) is 16.9 Å². The van der Waals surface area contributed by atoms with Crippen molar-refractivity contribution < 1.29 is 19.1 Å². The van der Waals surface area contributed by atoms with E-state index < -0.39 is 5.97 Å². The molecule has 0 saturated heterocycles. The summed E-state index contributed by atoms with van der Waals surface area (Å²) in [5.41, 5.74) is 9.31. The van der Waals surface area contributed by atoms with Gasteiger partial charge in [0.1, 0.15) is 12.4 Å². The molecule has 0 aliphatic carbocycles. The zero-order chi connectivity index (χ0) is 21.3. The van der Waals surface area contributed by atoms with E-state index in [1.54, 1.807) is 12.1 Å². The summed E-state index contributed by atoms with van der Waals surface area (Å²) in [4.78, 5) is 24.5. The van der Waals surface area contributed by atoms with Gasteiger partial charge in [-0.1, -0.05) is 49.4 Å². The summed E-state index contributed by atoms with van der Waals surface area (Å²) >= 11 is 0. The van der Waals surface area contributed by atoms with Crippen LogP contribution in [-0.2, 0) is 22.6 Å². The van der Waals surface area contributed by atoms with Crippen molar-refractivity contribution in [3.63, 3.8) is 0 Å². The Morgan fingerprint density at radius 3 is 2.37 bits per heavy atom. The molecule has 1 amide bonds. The standard InChI is InChI=1S/C24H24N2O4/c1-2-17-8-11-20(12-9-17)26-23(27)16-29-22-14-19(10-13-21(22)25)24(28)30-15-18-6-4-3-5-7-18/h3-14H,2,15-16,25H2,1H3,(H,26,27). The molecule has 0 heterocycles. The highest BCUT2D eigenvalue weighted by Gasteiger charge is 2.12. The van der Waals surface area contributed by atoms with E-state index in [1.807, 2.05) is 54.6 Å². The zero-order valence-corrected chi connectivity index (χ0v) is 16.8. The number of carbonyl (C=O) groups is 2. The number of amides is 1. The minimum absolute atomic E-state index is 0.166. The van der Waals surface area contributed by atoms with Gasteiger partial charge in [0, 0.05) is 5.69 Å². The highest BCUT2D eigenvalue weighted by molar-refractivity contribution is 5.92. The highest BCUT2D eigenvalue weighted by atomic mass is 16.5. The molecule has 3 N–H and O–H groups in total. The van der Waals surface area contributed by atoms with Gasteiger partial charge in [-0.2, -0.15) is 0 Å². The van der Waals surface area contributed by atoms with Crippen LogP contribution in [0, 0.1) is 0 Å². The SMILES string of the molecule is CCc1ccc(NC(=O)COc2cc(C(=O)OCc3ccccc3)ccc2N)cc1. The van der Waals surface area contributed by atoms with Gasteiger partial charge in [0.2, 0.25) is 0 Å². The number of hydrogen-bond donors (Lipinski definition) is 2. The number of nitrogens with one attached hydrogen (secondary N) is 1. The number of ether oxygens (including phenoxy) is 2. The molecule has 0 aliphatic rings. The molecule has 6 heteroatoms. The maximum atomic E-state index is 12.3. The average molecular weight is 404 g/mol. The Kier molecular flexibility index (Phi) is 7.05. The lowest BCUT2D eigenvalue weighted by molar-refractivity contribution is -0.118. The van der Waals surface area contributed by atoms with E-state index in [1.165, 1.54) is 11.6 Å². The molecule has 0 aromatic heterocycles. The molecule has 6 nitrogen and oxygen atoms in total. The van der Waals surface area contributed by atoms with Crippen LogP contribution in [0.2, 0.25) is 0 Å². The summed E-state index contributed by atoms with van der Waals surface area (Å²) in [6, 6.07) is 21.6. The Morgan fingerprint density at radius 1 is 0.933 bits per heavy atom. The third-order valence-electron chi connectivity index (χ3n) is 4.47. The molecule has 0 fully saturated rings. The second-order valence-corrected chi connectivity index (χ2v) is 6.70. The molecule has 154 valence electrons. The number of aryl methyl sites for hydroxylation is 1. The lowest BCUT2D eigenvalue weighted by atomic mass is 10.1. The summed E-state index contributed by atoms with van der Waals surface area (Å²) in [6.45, 7) is 2.00. The first kappa shape index (κ1) is 20.9. The molecular formula is C24H24N2O4. The third-order valence-corrected chi connectivity index (χ3v) is 4.47. The first-order valence-corrected chi connectivity index (χ1v) is 9.67. The summed E-state index contributed by atoms with van der Waals surface area (Å²) in [5.74, 6) is -0.569. The quantitative estimate of drug-likeness (QED) is 0.434. The van der Waals surface area contributed by atoms with E-state index in [0.717, 1.165) is 12.0 Å². The number of hydrogen-bond acceptors (Lipinski definition) is 5. The van der Waals surface area contributed by atoms with Gasteiger partial charge in [-0.25, -0.2) is 4.79 Å². The molecule has 0 saturated carbocycles. The Bertz CT molecular complexity index is 1000. The number of anilines is 2. The second-order valence-electron chi connectivity index (χ2n) is 6.70. The molecule has 0 aliphatic heterocycles. The smallest absolute Gasteiger partial charge is 0.338 e. The van der Waals surface area contributed by atoms with Crippen LogP contribution >= 0.6 is 0 Å². The molecule has 0 bridgehead atoms. The molecule has 0 atom stereocenters. The van der Waals surface area contributed by atoms with Gasteiger partial charge in [0.25, 0.3) is 5.91 Å². The summed E-state index contributed by atoms with van der Waals surface area (Å²) in [6.07, 6.45) is 0.931. The predicted octanol–water partition coefficient (Wildman–Crippen LogP) is 4.21. The Hall–Kier alpha value is -3.80. The lowest BCUT2D eigenvalue weighted by Gasteiger charge is -2.11. The van der Waals surface area contributed by atoms with Crippen LogP contribution in [0.25, 0.3) is 0 Å². The van der Waals surface area contributed by atoms with E-state index in [9.17, 15) is 9.59 Å². The van der Waals surface area contributed by atoms with Crippen molar-refractivity contribution in [2.75, 3.05) is 17.7 Å². The van der Waals surface area contributed by atoms with Gasteiger partial charge >= 0.3 is 5.97 Å². The van der Waals surface area contributed by atoms with Crippen LogP contribution in [0.1, 0.15) is 28.4 Å². The van der Waals surface area contributed by atoms with Crippen LogP contribution in [-0.4, -0.2) is 18.5 Å². The van der Waals surface area contributed by atoms with Gasteiger partial charge in [-0.05, 0) is 47.9 Å². The maximum Gasteiger partial charge on any atom is 0.338 e. The first-order valence-electron chi connectivity index (χ1n) is 9.67. The van der Waals surface area contributed by atoms with Gasteiger partial charge in [0.05, 0.1) is 11.3 Å². The number of benzene rings is 3. The normalized spacial score (nSPS) is 10.3. The molecule has 30 heavy (non-hydrogen) atoms. The van der Waals surface area contributed by atoms with E-state index in [-0.39, 0.29) is 24.9 Å². The Balaban J connectivity index is 1.56. The van der Waals surface area contributed by atoms with Gasteiger partial charge in [-0.15, -0.1) is 0 Å². The predicted molar refractivity (Wildman–Crippen MR) is 116 cm³/mol. The van der Waals surface area contributed by atoms with E-state index >= 15 is 0 Å². The van der Waals surface area contributed by atoms with E-state index in [2.05, 4.69) is 12.2 Å². The van der Waals surface area contributed by atoms with Gasteiger partial charge < -0.3 is 20.5 Å². The first-order chi connectivity index (χ1) is 14.5. The van der Waals surface area contributed by atoms with Crippen molar-refractivity contribution in [3.8, 4) is 5.75 Å². The third kappa shape index (κ3) is 5.85. The fourth-order valence-electron chi connectivity index (χ4n) is 2.76. The fourth-order valence-corrected chi connectivity index (χ4v) is 2.76. The summed E-state index contributed by atoms with van der Waals surface area (Å²) in [7, 11) is 0. The average Bonchev–Trinajstić information content (AvgIpc) is 2.78. The molecule has 0 unspecified atom stereocenters. The maximum absolute atomic E-state index is 12.3. The molecule has 0 radical (unpaired) electrons. The van der Waals surface area contributed by atoms with Crippen molar-refractivity contribution in [1.29, 1.82) is 0 Å². The van der Waals surface area contributed by atoms with Gasteiger partial charge in [-0.3, -0.25) is 4.79 Å². The number of esters is 1. The van der Waals surface area contributed by atoms with Crippen molar-refractivity contribution in [3.05, 3.63) is 89.5 Å². The second kappa shape index (κ2) is 10.1. The summed E-state index contributed by atoms with van der Waals surface area (Å²) in [5, 5.41) is 2.76. The fraction of sp³-hybridized carbons (Fsp3) is 0.167. The molecule has 3 aromatic carbocycles. The van der Waals surface area contributed by atoms with Crippen molar-refractivity contribution in [2.24, 2.45) is 0 Å². The monoisotopic (exact) mass is 404 g/mol. The minimum Gasteiger partial charge on any atom is -0.482 e. The number of nitrogens with two attached hydrogens (primary N) is 1. The van der Waals surface area contributed by atoms with E-state index in [4.69, 9.17) is 15.2 Å². The van der Waals surface area contributed by atoms with Crippen LogP contribution in [0.5, 0.6) is 5.75 Å². The zero-order valence-electron chi connectivity index (χ0n) is 16.8. The topological polar surface area (TPSA) is 90.6 Å². The van der Waals surface area contributed by atoms with Crippen LogP contribution in [0.3, 0.4) is 0 Å². The van der Waals surface area contributed by atoms with Crippen LogP contribution in [0.15, 0.2) is 72.8 Å². The number of carbonyl (C=O) groups excluding carboxylic acids is 2. The number of rotatable bonds is 8. The van der Waals surface area contributed by atoms with Crippen LogP contribution in [0.4, 0.5) is 11.4 Å². The molecular weight excluding hydrogens is 380 g/mol.